The van der Waals surface area contributed by atoms with Crippen molar-refractivity contribution in [1.82, 2.24) is 5.32 Å². The van der Waals surface area contributed by atoms with Crippen LogP contribution in [0.2, 0.25) is 0 Å². The van der Waals surface area contributed by atoms with E-state index in [1.165, 1.54) is 25.8 Å². The lowest BCUT2D eigenvalue weighted by atomic mass is 10.0. The maximum absolute atomic E-state index is 3.62. The van der Waals surface area contributed by atoms with E-state index in [0.717, 1.165) is 17.8 Å². The first-order chi connectivity index (χ1) is 5.56. The molecule has 0 aromatic heterocycles. The molecule has 0 aromatic carbocycles. The van der Waals surface area contributed by atoms with Crippen molar-refractivity contribution in [1.29, 1.82) is 0 Å². The Morgan fingerprint density at radius 3 is 2.42 bits per heavy atom. The molecule has 0 saturated heterocycles. The summed E-state index contributed by atoms with van der Waals surface area (Å²) in [6.07, 6.45) is 4.54. The van der Waals surface area contributed by atoms with E-state index < -0.39 is 0 Å². The van der Waals surface area contributed by atoms with Crippen molar-refractivity contribution in [3.63, 3.8) is 0 Å². The summed E-state index contributed by atoms with van der Waals surface area (Å²) in [6, 6.07) is 0. The van der Waals surface area contributed by atoms with Gasteiger partial charge < -0.3 is 5.32 Å². The molecule has 2 rings (SSSR count). The lowest BCUT2D eigenvalue weighted by Crippen LogP contribution is -2.39. The maximum Gasteiger partial charge on any atom is 0.00966 e. The smallest absolute Gasteiger partial charge is 0.00966 e. The van der Waals surface area contributed by atoms with Crippen LogP contribution >= 0.6 is 0 Å². The van der Waals surface area contributed by atoms with Crippen molar-refractivity contribution in [2.45, 2.75) is 45.6 Å². The minimum Gasteiger partial charge on any atom is -0.312 e. The third-order valence-electron chi connectivity index (χ3n) is 3.39. The summed E-state index contributed by atoms with van der Waals surface area (Å²) in [5, 5.41) is 3.62. The first kappa shape index (κ1) is 8.55. The molecule has 0 amide bonds. The Morgan fingerprint density at radius 2 is 2.00 bits per heavy atom. The van der Waals surface area contributed by atoms with Crippen LogP contribution in [-0.2, 0) is 0 Å². The number of fused-ring (bicyclic) bond motifs is 1. The van der Waals surface area contributed by atoms with Gasteiger partial charge in [0, 0.05) is 5.54 Å². The number of hydrogen-bond acceptors (Lipinski definition) is 1. The average Bonchev–Trinajstić information content (AvgIpc) is 2.60. The van der Waals surface area contributed by atoms with Crippen LogP contribution in [0.25, 0.3) is 0 Å². The zero-order valence-corrected chi connectivity index (χ0v) is 8.56. The second-order valence-electron chi connectivity index (χ2n) is 5.63. The fraction of sp³-hybridized carbons (Fsp3) is 1.00. The largest absolute Gasteiger partial charge is 0.312 e. The van der Waals surface area contributed by atoms with E-state index in [0.29, 0.717) is 5.54 Å². The average molecular weight is 167 g/mol. The molecule has 70 valence electrons. The molecule has 1 nitrogen and oxygen atoms in total. The Hall–Kier alpha value is -0.0400. The molecule has 12 heavy (non-hydrogen) atoms. The van der Waals surface area contributed by atoms with Gasteiger partial charge in [0.05, 0.1) is 0 Å². The van der Waals surface area contributed by atoms with Gasteiger partial charge >= 0.3 is 0 Å². The predicted molar refractivity (Wildman–Crippen MR) is 52.1 cm³/mol. The molecule has 2 aliphatic rings. The van der Waals surface area contributed by atoms with Gasteiger partial charge in [-0.2, -0.15) is 0 Å². The summed E-state index contributed by atoms with van der Waals surface area (Å²) < 4.78 is 0. The van der Waals surface area contributed by atoms with Gasteiger partial charge in [-0.05, 0) is 64.3 Å². The third-order valence-corrected chi connectivity index (χ3v) is 3.39. The van der Waals surface area contributed by atoms with Crippen molar-refractivity contribution in [2.75, 3.05) is 6.54 Å². The molecule has 0 aliphatic heterocycles. The molecule has 2 saturated carbocycles. The molecular weight excluding hydrogens is 146 g/mol. The summed E-state index contributed by atoms with van der Waals surface area (Å²) in [5.41, 5.74) is 0.312. The lowest BCUT2D eigenvalue weighted by Gasteiger charge is -2.23. The van der Waals surface area contributed by atoms with Gasteiger partial charge in [0.15, 0.2) is 0 Å². The van der Waals surface area contributed by atoms with Crippen LogP contribution in [0.3, 0.4) is 0 Å². The van der Waals surface area contributed by atoms with Crippen molar-refractivity contribution in [3.8, 4) is 0 Å². The van der Waals surface area contributed by atoms with Gasteiger partial charge in [0.2, 0.25) is 0 Å². The molecular formula is C11H21N. The van der Waals surface area contributed by atoms with E-state index in [9.17, 15) is 0 Å². The highest BCUT2D eigenvalue weighted by Gasteiger charge is 2.47. The standard InChI is InChI=1S/C11H21N/c1-11(2,3)12-7-9-5-4-8-6-10(8)9/h8-10,12H,4-7H2,1-3H3. The SMILES string of the molecule is CC(C)(C)NCC1CCC2CC12. The zero-order chi connectivity index (χ0) is 8.77. The van der Waals surface area contributed by atoms with E-state index in [-0.39, 0.29) is 0 Å². The molecule has 0 heterocycles. The second-order valence-corrected chi connectivity index (χ2v) is 5.63. The maximum atomic E-state index is 3.62. The molecule has 0 aromatic rings. The van der Waals surface area contributed by atoms with Gasteiger partial charge in [0.1, 0.15) is 0 Å². The quantitative estimate of drug-likeness (QED) is 0.666. The van der Waals surface area contributed by atoms with E-state index in [2.05, 4.69) is 26.1 Å². The van der Waals surface area contributed by atoms with Crippen LogP contribution in [0.1, 0.15) is 40.0 Å². The summed E-state index contributed by atoms with van der Waals surface area (Å²) in [7, 11) is 0. The fourth-order valence-corrected chi connectivity index (χ4v) is 2.51. The van der Waals surface area contributed by atoms with Gasteiger partial charge in [-0.25, -0.2) is 0 Å². The lowest BCUT2D eigenvalue weighted by molar-refractivity contribution is 0.354. The highest BCUT2D eigenvalue weighted by Crippen LogP contribution is 2.55. The van der Waals surface area contributed by atoms with E-state index in [4.69, 9.17) is 0 Å². The highest BCUT2D eigenvalue weighted by atomic mass is 14.9. The number of nitrogens with one attached hydrogen (secondary N) is 1. The second kappa shape index (κ2) is 2.73. The van der Waals surface area contributed by atoms with Gasteiger partial charge in [0.25, 0.3) is 0 Å². The van der Waals surface area contributed by atoms with Gasteiger partial charge in [-0.15, -0.1) is 0 Å². The first-order valence-corrected chi connectivity index (χ1v) is 5.31. The molecule has 0 bridgehead atoms. The molecule has 0 radical (unpaired) electrons. The van der Waals surface area contributed by atoms with Crippen LogP contribution in [0.15, 0.2) is 0 Å². The van der Waals surface area contributed by atoms with Crippen molar-refractivity contribution in [3.05, 3.63) is 0 Å². The molecule has 2 aliphatic carbocycles. The Bertz CT molecular complexity index is 168. The van der Waals surface area contributed by atoms with Crippen LogP contribution in [0.4, 0.5) is 0 Å². The monoisotopic (exact) mass is 167 g/mol. The van der Waals surface area contributed by atoms with Crippen LogP contribution in [0.5, 0.6) is 0 Å². The Morgan fingerprint density at radius 1 is 1.25 bits per heavy atom. The Balaban J connectivity index is 1.73. The topological polar surface area (TPSA) is 12.0 Å². The Kier molecular flexibility index (Phi) is 1.95. The van der Waals surface area contributed by atoms with E-state index in [1.54, 1.807) is 0 Å². The highest BCUT2D eigenvalue weighted by molar-refractivity contribution is 4.98. The summed E-state index contributed by atoms with van der Waals surface area (Å²) >= 11 is 0. The molecule has 3 unspecified atom stereocenters. The molecule has 1 heteroatoms. The minimum atomic E-state index is 0.312. The van der Waals surface area contributed by atoms with Crippen molar-refractivity contribution in [2.24, 2.45) is 17.8 Å². The molecule has 2 fully saturated rings. The summed E-state index contributed by atoms with van der Waals surface area (Å²) in [4.78, 5) is 0. The molecule has 1 N–H and O–H groups in total. The third kappa shape index (κ3) is 1.82. The predicted octanol–water partition coefficient (Wildman–Crippen LogP) is 2.42. The summed E-state index contributed by atoms with van der Waals surface area (Å²) in [5.74, 6) is 3.26. The minimum absolute atomic E-state index is 0.312. The normalized spacial score (nSPS) is 39.8. The van der Waals surface area contributed by atoms with Gasteiger partial charge in [-0.1, -0.05) is 0 Å². The number of hydrogen-bond donors (Lipinski definition) is 1. The van der Waals surface area contributed by atoms with Crippen LogP contribution in [0, 0.1) is 17.8 Å². The van der Waals surface area contributed by atoms with Crippen LogP contribution in [-0.4, -0.2) is 12.1 Å². The summed E-state index contributed by atoms with van der Waals surface area (Å²) in [6.45, 7) is 8.02. The fourth-order valence-electron chi connectivity index (χ4n) is 2.51. The van der Waals surface area contributed by atoms with E-state index in [1.807, 2.05) is 0 Å². The first-order valence-electron chi connectivity index (χ1n) is 5.31. The molecule has 3 atom stereocenters. The van der Waals surface area contributed by atoms with E-state index >= 15 is 0 Å². The van der Waals surface area contributed by atoms with Crippen molar-refractivity contribution < 1.29 is 0 Å². The number of rotatable bonds is 2. The van der Waals surface area contributed by atoms with Crippen LogP contribution < -0.4 is 5.32 Å². The van der Waals surface area contributed by atoms with Crippen molar-refractivity contribution >= 4 is 0 Å². The Labute approximate surface area is 75.9 Å². The molecule has 0 spiro atoms. The zero-order valence-electron chi connectivity index (χ0n) is 8.56. The van der Waals surface area contributed by atoms with Gasteiger partial charge in [-0.3, -0.25) is 0 Å².